The van der Waals surface area contributed by atoms with Crippen molar-refractivity contribution < 1.29 is 63.0 Å². The van der Waals surface area contributed by atoms with Gasteiger partial charge in [0.15, 0.2) is 11.5 Å². The molecule has 268 valence electrons. The Kier molecular flexibility index (Phi) is 11.0. The van der Waals surface area contributed by atoms with Crippen LogP contribution >= 0.6 is 15.9 Å². The Hall–Kier alpha value is -5.63. The molecule has 0 aromatic heterocycles. The van der Waals surface area contributed by atoms with Crippen molar-refractivity contribution in [1.82, 2.24) is 0 Å². The highest BCUT2D eigenvalue weighted by molar-refractivity contribution is 9.10. The first-order chi connectivity index (χ1) is 23.9. The molecule has 1 aliphatic rings. The number of carbonyl (C=O) groups is 5. The predicted octanol–water partition coefficient (Wildman–Crippen LogP) is 6.44. The molecule has 0 fully saturated rings. The van der Waals surface area contributed by atoms with E-state index in [-0.39, 0.29) is 72.4 Å². The van der Waals surface area contributed by atoms with E-state index in [0.29, 0.717) is 22.3 Å². The molecular formula is C37H35BrO13. The minimum Gasteiger partial charge on any atom is -0.507 e. The van der Waals surface area contributed by atoms with Gasteiger partial charge in [-0.1, -0.05) is 0 Å². The second-order valence-electron chi connectivity index (χ2n) is 11.8. The van der Waals surface area contributed by atoms with Gasteiger partial charge < -0.3 is 39.0 Å². The molecule has 51 heavy (non-hydrogen) atoms. The standard InChI is InChI=1S/C37H35BrO13/c1-14-10-21(39)12-24(47-8)26(14)35(44)51-33-19(6)18(5)29(32(41)30(33)38)37(46)49-22-11-15(2)27(31(40)20(22)7)36(45)50-23-13-25(48-9)28(34(42)43)17(4)16(23)3/h10-13,26,40-41H,1-9H3,(H,42,43). The summed E-state index contributed by atoms with van der Waals surface area (Å²) in [5.74, 6) is -6.58. The van der Waals surface area contributed by atoms with E-state index in [2.05, 4.69) is 15.9 Å². The van der Waals surface area contributed by atoms with Crippen molar-refractivity contribution >= 4 is 45.6 Å². The van der Waals surface area contributed by atoms with E-state index in [1.165, 1.54) is 59.3 Å². The molecule has 0 amide bonds. The van der Waals surface area contributed by atoms with Crippen LogP contribution in [-0.2, 0) is 14.3 Å². The molecule has 0 saturated carbocycles. The summed E-state index contributed by atoms with van der Waals surface area (Å²) < 4.78 is 27.1. The van der Waals surface area contributed by atoms with Crippen LogP contribution in [-0.4, -0.2) is 59.2 Å². The summed E-state index contributed by atoms with van der Waals surface area (Å²) in [4.78, 5) is 63.8. The monoisotopic (exact) mass is 766 g/mol. The summed E-state index contributed by atoms with van der Waals surface area (Å²) >= 11 is 3.22. The van der Waals surface area contributed by atoms with Crippen molar-refractivity contribution in [2.24, 2.45) is 5.92 Å². The van der Waals surface area contributed by atoms with Gasteiger partial charge in [-0.3, -0.25) is 9.59 Å². The molecule has 0 saturated heterocycles. The molecule has 1 aliphatic carbocycles. The van der Waals surface area contributed by atoms with Crippen LogP contribution in [0.25, 0.3) is 0 Å². The van der Waals surface area contributed by atoms with Crippen LogP contribution in [0.15, 0.2) is 40.1 Å². The molecule has 3 N–H and O–H groups in total. The van der Waals surface area contributed by atoms with Gasteiger partial charge in [-0.05, 0) is 110 Å². The Labute approximate surface area is 301 Å². The molecule has 14 heteroatoms. The topological polar surface area (TPSA) is 192 Å². The number of carboxylic acids is 1. The molecule has 0 heterocycles. The third-order valence-electron chi connectivity index (χ3n) is 8.76. The van der Waals surface area contributed by atoms with E-state index in [0.717, 1.165) is 0 Å². The van der Waals surface area contributed by atoms with Gasteiger partial charge in [0.2, 0.25) is 0 Å². The number of benzene rings is 3. The van der Waals surface area contributed by atoms with Crippen LogP contribution in [0.4, 0.5) is 0 Å². The third-order valence-corrected chi connectivity index (χ3v) is 9.49. The number of carbonyl (C=O) groups excluding carboxylic acids is 4. The number of ketones is 1. The number of esters is 3. The fourth-order valence-corrected chi connectivity index (χ4v) is 6.22. The quantitative estimate of drug-likeness (QED) is 0.159. The minimum absolute atomic E-state index is 0.00230. The fourth-order valence-electron chi connectivity index (χ4n) is 5.65. The number of aromatic hydroxyl groups is 2. The summed E-state index contributed by atoms with van der Waals surface area (Å²) in [5, 5.41) is 31.8. The number of methoxy groups -OCH3 is 2. The number of hydrogen-bond acceptors (Lipinski definition) is 12. The fraction of sp³-hybridized carbons (Fsp3) is 0.270. The molecule has 4 rings (SSSR count). The molecule has 0 aliphatic heterocycles. The second-order valence-corrected chi connectivity index (χ2v) is 12.6. The number of rotatable bonds is 9. The number of aryl methyl sites for hydroxylation is 1. The van der Waals surface area contributed by atoms with Crippen LogP contribution in [0, 0.1) is 47.5 Å². The van der Waals surface area contributed by atoms with Crippen LogP contribution in [0.3, 0.4) is 0 Å². The Morgan fingerprint density at radius 1 is 0.667 bits per heavy atom. The average Bonchev–Trinajstić information content (AvgIpc) is 3.05. The van der Waals surface area contributed by atoms with Crippen molar-refractivity contribution in [2.75, 3.05) is 14.2 Å². The number of phenols is 2. The van der Waals surface area contributed by atoms with E-state index in [1.54, 1.807) is 27.7 Å². The smallest absolute Gasteiger partial charge is 0.347 e. The molecule has 1 unspecified atom stereocenters. The van der Waals surface area contributed by atoms with Crippen molar-refractivity contribution in [3.05, 3.63) is 90.2 Å². The van der Waals surface area contributed by atoms with E-state index < -0.39 is 41.3 Å². The molecule has 0 spiro atoms. The maximum absolute atomic E-state index is 13.5. The third kappa shape index (κ3) is 7.04. The largest absolute Gasteiger partial charge is 0.507 e. The Bertz CT molecular complexity index is 2080. The number of aromatic carboxylic acids is 1. The lowest BCUT2D eigenvalue weighted by atomic mass is 9.92. The summed E-state index contributed by atoms with van der Waals surface area (Å²) in [7, 11) is 2.60. The zero-order valence-corrected chi connectivity index (χ0v) is 30.8. The molecule has 13 nitrogen and oxygen atoms in total. The average molecular weight is 768 g/mol. The van der Waals surface area contributed by atoms with Gasteiger partial charge in [-0.25, -0.2) is 14.4 Å². The molecule has 1 atom stereocenters. The number of carboxylic acid groups (broad SMARTS) is 1. The first-order valence-electron chi connectivity index (χ1n) is 15.3. The van der Waals surface area contributed by atoms with E-state index in [9.17, 15) is 39.3 Å². The number of phenolic OH excluding ortho intramolecular Hbond substituents is 2. The maximum Gasteiger partial charge on any atom is 0.347 e. The summed E-state index contributed by atoms with van der Waals surface area (Å²) in [5.41, 5.74) is 1.21. The van der Waals surface area contributed by atoms with Crippen molar-refractivity contribution in [2.45, 2.75) is 48.5 Å². The van der Waals surface area contributed by atoms with Gasteiger partial charge in [-0.15, -0.1) is 0 Å². The highest BCUT2D eigenvalue weighted by Crippen LogP contribution is 2.44. The SMILES string of the molecule is COC1=CC(=O)C=C(C)C1C(=O)Oc1c(C)c(C)c(C(=O)Oc2cc(C)c(C(=O)Oc3cc(OC)c(C(=O)O)c(C)c3C)c(O)c2C)c(O)c1Br. The first-order valence-corrected chi connectivity index (χ1v) is 16.0. The zero-order valence-electron chi connectivity index (χ0n) is 29.2. The van der Waals surface area contributed by atoms with Crippen molar-refractivity contribution in [3.8, 4) is 34.5 Å². The van der Waals surface area contributed by atoms with E-state index >= 15 is 0 Å². The van der Waals surface area contributed by atoms with Crippen LogP contribution in [0.5, 0.6) is 34.5 Å². The highest BCUT2D eigenvalue weighted by atomic mass is 79.9. The van der Waals surface area contributed by atoms with Gasteiger partial charge >= 0.3 is 23.9 Å². The van der Waals surface area contributed by atoms with Gasteiger partial charge in [0, 0.05) is 17.7 Å². The molecule has 0 bridgehead atoms. The number of ether oxygens (including phenoxy) is 5. The Morgan fingerprint density at radius 3 is 1.80 bits per heavy atom. The Balaban J connectivity index is 1.63. The predicted molar refractivity (Wildman–Crippen MR) is 185 cm³/mol. The lowest BCUT2D eigenvalue weighted by Crippen LogP contribution is -2.28. The molecule has 0 radical (unpaired) electrons. The van der Waals surface area contributed by atoms with Crippen LogP contribution < -0.4 is 18.9 Å². The van der Waals surface area contributed by atoms with Crippen LogP contribution in [0.1, 0.15) is 71.4 Å². The summed E-state index contributed by atoms with van der Waals surface area (Å²) in [6.45, 7) is 10.7. The molecule has 3 aromatic carbocycles. The van der Waals surface area contributed by atoms with Crippen molar-refractivity contribution in [1.29, 1.82) is 0 Å². The number of halogens is 1. The first kappa shape index (κ1) is 38.2. The minimum atomic E-state index is -1.22. The molecular weight excluding hydrogens is 732 g/mol. The normalized spacial score (nSPS) is 13.9. The lowest BCUT2D eigenvalue weighted by molar-refractivity contribution is -0.137. The summed E-state index contributed by atoms with van der Waals surface area (Å²) in [6.07, 6.45) is 2.47. The second kappa shape index (κ2) is 14.7. The van der Waals surface area contributed by atoms with Gasteiger partial charge in [0.25, 0.3) is 0 Å². The lowest BCUT2D eigenvalue weighted by Gasteiger charge is -2.23. The van der Waals surface area contributed by atoms with Crippen molar-refractivity contribution in [3.63, 3.8) is 0 Å². The van der Waals surface area contributed by atoms with E-state index in [1.807, 2.05) is 0 Å². The highest BCUT2D eigenvalue weighted by Gasteiger charge is 2.34. The van der Waals surface area contributed by atoms with Gasteiger partial charge in [0.05, 0.1) is 14.2 Å². The molecule has 3 aromatic rings. The van der Waals surface area contributed by atoms with Crippen LogP contribution in [0.2, 0.25) is 0 Å². The number of hydrogen-bond donors (Lipinski definition) is 3. The number of allylic oxidation sites excluding steroid dienone is 2. The zero-order chi connectivity index (χ0) is 38.2. The summed E-state index contributed by atoms with van der Waals surface area (Å²) in [6, 6.07) is 2.61. The van der Waals surface area contributed by atoms with Gasteiger partial charge in [0.1, 0.15) is 61.6 Å². The van der Waals surface area contributed by atoms with E-state index in [4.69, 9.17) is 23.7 Å². The maximum atomic E-state index is 13.5. The Morgan fingerprint density at radius 2 is 1.24 bits per heavy atom. The van der Waals surface area contributed by atoms with Gasteiger partial charge in [-0.2, -0.15) is 0 Å².